The van der Waals surface area contributed by atoms with Crippen LogP contribution < -0.4 is 10.6 Å². The van der Waals surface area contributed by atoms with E-state index in [0.717, 1.165) is 38.4 Å². The largest absolute Gasteiger partial charge is 0.358 e. The molecule has 1 fully saturated rings. The lowest BCUT2D eigenvalue weighted by Crippen LogP contribution is -2.52. The van der Waals surface area contributed by atoms with Crippen LogP contribution in [0.4, 0.5) is 10.1 Å². The summed E-state index contributed by atoms with van der Waals surface area (Å²) in [5.74, 6) is -0.253. The molecule has 1 saturated heterocycles. The van der Waals surface area contributed by atoms with E-state index in [9.17, 15) is 4.39 Å². The Labute approximate surface area is 170 Å². The molecule has 1 aliphatic heterocycles. The molecule has 0 spiro atoms. The molecule has 0 radical (unpaired) electrons. The van der Waals surface area contributed by atoms with Gasteiger partial charge in [0.2, 0.25) is 0 Å². The fraction of sp³-hybridized carbons (Fsp3) is 0.450. The third-order valence-corrected chi connectivity index (χ3v) is 6.18. The Morgan fingerprint density at radius 3 is 2.48 bits per heavy atom. The standard InChI is InChI=1S/C20H27FN4S2/c1-3-24-10-12-25(13-11-24)19(18-5-4-14-27-18)15(2)22-20(26)23-17-8-6-16(21)7-9-17/h4-9,14-15,19H,3,10-13H2,1-2H3,(H2,22,23,26)/t15-,19-/m0/s1. The molecule has 0 unspecified atom stereocenters. The summed E-state index contributed by atoms with van der Waals surface area (Å²) >= 11 is 7.28. The molecule has 146 valence electrons. The second kappa shape index (κ2) is 9.59. The summed E-state index contributed by atoms with van der Waals surface area (Å²) in [6, 6.07) is 11.0. The topological polar surface area (TPSA) is 30.5 Å². The Bertz CT molecular complexity index is 712. The molecule has 7 heteroatoms. The zero-order chi connectivity index (χ0) is 19.2. The molecule has 4 nitrogen and oxygen atoms in total. The fourth-order valence-electron chi connectivity index (χ4n) is 3.55. The normalized spacial score (nSPS) is 18.0. The first kappa shape index (κ1) is 20.2. The van der Waals surface area contributed by atoms with E-state index < -0.39 is 0 Å². The van der Waals surface area contributed by atoms with E-state index in [0.29, 0.717) is 5.11 Å². The maximum Gasteiger partial charge on any atom is 0.171 e. The van der Waals surface area contributed by atoms with Gasteiger partial charge < -0.3 is 15.5 Å². The maximum absolute atomic E-state index is 13.1. The molecule has 2 N–H and O–H groups in total. The van der Waals surface area contributed by atoms with Crippen LogP contribution in [0.15, 0.2) is 41.8 Å². The number of nitrogens with zero attached hydrogens (tertiary/aromatic N) is 2. The predicted molar refractivity (Wildman–Crippen MR) is 116 cm³/mol. The summed E-state index contributed by atoms with van der Waals surface area (Å²) < 4.78 is 13.1. The van der Waals surface area contributed by atoms with Crippen molar-refractivity contribution in [1.82, 2.24) is 15.1 Å². The third-order valence-electron chi connectivity index (χ3n) is 5.02. The van der Waals surface area contributed by atoms with Gasteiger partial charge in [-0.15, -0.1) is 11.3 Å². The number of nitrogens with one attached hydrogen (secondary N) is 2. The van der Waals surface area contributed by atoms with Crippen molar-refractivity contribution in [1.29, 1.82) is 0 Å². The number of thiophene rings is 1. The lowest BCUT2D eigenvalue weighted by Gasteiger charge is -2.41. The summed E-state index contributed by atoms with van der Waals surface area (Å²) in [7, 11) is 0. The van der Waals surface area contributed by atoms with E-state index in [2.05, 4.69) is 51.8 Å². The van der Waals surface area contributed by atoms with E-state index in [4.69, 9.17) is 12.2 Å². The second-order valence-electron chi connectivity index (χ2n) is 6.82. The molecule has 2 aromatic rings. The zero-order valence-corrected chi connectivity index (χ0v) is 17.5. The fourth-order valence-corrected chi connectivity index (χ4v) is 4.81. The molecule has 1 aliphatic rings. The lowest BCUT2D eigenvalue weighted by molar-refractivity contribution is 0.0883. The molecule has 0 saturated carbocycles. The second-order valence-corrected chi connectivity index (χ2v) is 8.21. The van der Waals surface area contributed by atoms with Crippen LogP contribution in [-0.2, 0) is 0 Å². The Balaban J connectivity index is 1.65. The van der Waals surface area contributed by atoms with Gasteiger partial charge in [0.15, 0.2) is 5.11 Å². The number of hydrogen-bond acceptors (Lipinski definition) is 4. The van der Waals surface area contributed by atoms with Crippen molar-refractivity contribution < 1.29 is 4.39 Å². The van der Waals surface area contributed by atoms with Crippen LogP contribution in [-0.4, -0.2) is 53.7 Å². The molecule has 2 heterocycles. The SMILES string of the molecule is CCN1CCN([C@H](c2cccs2)[C@H](C)NC(=S)Nc2ccc(F)cc2)CC1. The summed E-state index contributed by atoms with van der Waals surface area (Å²) in [6.07, 6.45) is 0. The minimum atomic E-state index is -0.253. The predicted octanol–water partition coefficient (Wildman–Crippen LogP) is 3.94. The smallest absolute Gasteiger partial charge is 0.171 e. The lowest BCUT2D eigenvalue weighted by atomic mass is 10.1. The molecule has 0 bridgehead atoms. The molecule has 27 heavy (non-hydrogen) atoms. The summed E-state index contributed by atoms with van der Waals surface area (Å²) in [5.41, 5.74) is 0.783. The van der Waals surface area contributed by atoms with Gasteiger partial charge in [-0.05, 0) is 61.4 Å². The summed E-state index contributed by atoms with van der Waals surface area (Å²) in [4.78, 5) is 6.39. The Hall–Kier alpha value is -1.54. The van der Waals surface area contributed by atoms with Crippen molar-refractivity contribution in [3.8, 4) is 0 Å². The van der Waals surface area contributed by atoms with Crippen LogP contribution in [0.3, 0.4) is 0 Å². The van der Waals surface area contributed by atoms with Crippen molar-refractivity contribution in [3.05, 3.63) is 52.5 Å². The van der Waals surface area contributed by atoms with E-state index in [1.54, 1.807) is 23.5 Å². The van der Waals surface area contributed by atoms with Gasteiger partial charge in [0.1, 0.15) is 5.82 Å². The van der Waals surface area contributed by atoms with Gasteiger partial charge in [0.25, 0.3) is 0 Å². The van der Waals surface area contributed by atoms with Gasteiger partial charge in [0.05, 0.1) is 6.04 Å². The number of rotatable bonds is 6. The van der Waals surface area contributed by atoms with E-state index in [1.165, 1.54) is 17.0 Å². The first-order chi connectivity index (χ1) is 13.1. The molecule has 3 rings (SSSR count). The molecule has 0 amide bonds. The van der Waals surface area contributed by atoms with Crippen molar-refractivity contribution in [2.45, 2.75) is 25.9 Å². The number of piperazine rings is 1. The number of benzene rings is 1. The average molecular weight is 407 g/mol. The first-order valence-electron chi connectivity index (χ1n) is 9.39. The molecule has 0 aliphatic carbocycles. The summed E-state index contributed by atoms with van der Waals surface area (Å²) in [6.45, 7) is 9.82. The number of anilines is 1. The van der Waals surface area contributed by atoms with Crippen molar-refractivity contribution in [2.75, 3.05) is 38.0 Å². The average Bonchev–Trinajstić information content (AvgIpc) is 3.18. The van der Waals surface area contributed by atoms with Crippen molar-refractivity contribution in [3.63, 3.8) is 0 Å². The Morgan fingerprint density at radius 2 is 1.89 bits per heavy atom. The minimum absolute atomic E-state index is 0.150. The molecule has 1 aromatic carbocycles. The van der Waals surface area contributed by atoms with Crippen LogP contribution in [0, 0.1) is 5.82 Å². The molecular formula is C20H27FN4S2. The van der Waals surface area contributed by atoms with Gasteiger partial charge in [-0.25, -0.2) is 4.39 Å². The highest BCUT2D eigenvalue weighted by atomic mass is 32.1. The van der Waals surface area contributed by atoms with Crippen LogP contribution in [0.2, 0.25) is 0 Å². The van der Waals surface area contributed by atoms with Crippen LogP contribution >= 0.6 is 23.6 Å². The zero-order valence-electron chi connectivity index (χ0n) is 15.8. The molecule has 2 atom stereocenters. The minimum Gasteiger partial charge on any atom is -0.358 e. The van der Waals surface area contributed by atoms with Gasteiger partial charge >= 0.3 is 0 Å². The van der Waals surface area contributed by atoms with Gasteiger partial charge in [-0.2, -0.15) is 0 Å². The highest BCUT2D eigenvalue weighted by molar-refractivity contribution is 7.80. The number of thiocarbonyl (C=S) groups is 1. The molecule has 1 aromatic heterocycles. The summed E-state index contributed by atoms with van der Waals surface area (Å²) in [5, 5.41) is 9.27. The third kappa shape index (κ3) is 5.48. The van der Waals surface area contributed by atoms with Crippen LogP contribution in [0.25, 0.3) is 0 Å². The van der Waals surface area contributed by atoms with Crippen LogP contribution in [0.5, 0.6) is 0 Å². The highest BCUT2D eigenvalue weighted by Gasteiger charge is 2.30. The van der Waals surface area contributed by atoms with E-state index >= 15 is 0 Å². The van der Waals surface area contributed by atoms with Crippen LogP contribution in [0.1, 0.15) is 24.8 Å². The van der Waals surface area contributed by atoms with Gasteiger partial charge in [-0.3, -0.25) is 4.90 Å². The number of halogens is 1. The maximum atomic E-state index is 13.1. The van der Waals surface area contributed by atoms with E-state index in [-0.39, 0.29) is 17.9 Å². The van der Waals surface area contributed by atoms with Gasteiger partial charge in [-0.1, -0.05) is 13.0 Å². The quantitative estimate of drug-likeness (QED) is 0.710. The van der Waals surface area contributed by atoms with Gasteiger partial charge in [0, 0.05) is 42.8 Å². The molecular weight excluding hydrogens is 379 g/mol. The Kier molecular flexibility index (Phi) is 7.18. The number of hydrogen-bond donors (Lipinski definition) is 2. The Morgan fingerprint density at radius 1 is 1.19 bits per heavy atom. The van der Waals surface area contributed by atoms with Crippen molar-refractivity contribution in [2.24, 2.45) is 0 Å². The first-order valence-corrected chi connectivity index (χ1v) is 10.7. The van der Waals surface area contributed by atoms with E-state index in [1.807, 2.05) is 0 Å². The highest BCUT2D eigenvalue weighted by Crippen LogP contribution is 2.29. The number of likely N-dealkylation sites (N-methyl/N-ethyl adjacent to an activating group) is 1. The van der Waals surface area contributed by atoms with Crippen molar-refractivity contribution >= 4 is 34.4 Å². The monoisotopic (exact) mass is 406 g/mol.